The summed E-state index contributed by atoms with van der Waals surface area (Å²) in [5.41, 5.74) is 3.84. The molecule has 0 bridgehead atoms. The first-order valence-corrected chi connectivity index (χ1v) is 7.11. The fraction of sp³-hybridized carbons (Fsp3) is 0. The van der Waals surface area contributed by atoms with E-state index in [9.17, 15) is 0 Å². The fourth-order valence-corrected chi connectivity index (χ4v) is 2.63. The van der Waals surface area contributed by atoms with Crippen molar-refractivity contribution in [3.8, 4) is 0 Å². The Morgan fingerprint density at radius 1 is 0.714 bits per heavy atom. The minimum Gasteiger partial charge on any atom is -0.456 e. The molecule has 0 aliphatic carbocycles. The number of hydrogen-bond donors (Lipinski definition) is 1. The average molecular weight is 294 g/mol. The van der Waals surface area contributed by atoms with Crippen molar-refractivity contribution in [2.75, 3.05) is 5.32 Å². The number of para-hydroxylation sites is 1. The maximum absolute atomic E-state index is 5.90. The number of furan rings is 1. The molecule has 0 saturated heterocycles. The predicted molar refractivity (Wildman–Crippen MR) is 88.5 cm³/mol. The van der Waals surface area contributed by atoms with E-state index in [4.69, 9.17) is 16.0 Å². The molecule has 2 nitrogen and oxygen atoms in total. The number of rotatable bonds is 2. The Balaban J connectivity index is 1.79. The normalized spacial score (nSPS) is 11.1. The lowest BCUT2D eigenvalue weighted by Gasteiger charge is -2.06. The smallest absolute Gasteiger partial charge is 0.135 e. The van der Waals surface area contributed by atoms with Crippen LogP contribution in [0.1, 0.15) is 0 Å². The Morgan fingerprint density at radius 2 is 1.43 bits per heavy atom. The SMILES string of the molecule is Clc1ccc(Nc2ccc3oc4ccccc4c3c2)cc1. The van der Waals surface area contributed by atoms with Crippen LogP contribution in [0.25, 0.3) is 21.9 Å². The summed E-state index contributed by atoms with van der Waals surface area (Å²) in [6, 6.07) is 21.8. The summed E-state index contributed by atoms with van der Waals surface area (Å²) in [5.74, 6) is 0. The van der Waals surface area contributed by atoms with Gasteiger partial charge in [0.05, 0.1) is 0 Å². The second-order valence-corrected chi connectivity index (χ2v) is 5.38. The highest BCUT2D eigenvalue weighted by Crippen LogP contribution is 2.31. The third-order valence-electron chi connectivity index (χ3n) is 3.51. The van der Waals surface area contributed by atoms with Crippen LogP contribution in [-0.4, -0.2) is 0 Å². The molecule has 102 valence electrons. The van der Waals surface area contributed by atoms with Gasteiger partial charge in [0.2, 0.25) is 0 Å². The summed E-state index contributed by atoms with van der Waals surface area (Å²) >= 11 is 5.90. The molecule has 3 aromatic carbocycles. The molecule has 0 aliphatic heterocycles. The van der Waals surface area contributed by atoms with Gasteiger partial charge in [-0.2, -0.15) is 0 Å². The second kappa shape index (κ2) is 4.83. The van der Waals surface area contributed by atoms with E-state index < -0.39 is 0 Å². The maximum atomic E-state index is 5.90. The van der Waals surface area contributed by atoms with Gasteiger partial charge in [0.25, 0.3) is 0 Å². The average Bonchev–Trinajstić information content (AvgIpc) is 2.88. The van der Waals surface area contributed by atoms with Gasteiger partial charge in [-0.1, -0.05) is 29.8 Å². The van der Waals surface area contributed by atoms with Crippen LogP contribution >= 0.6 is 11.6 Å². The highest BCUT2D eigenvalue weighted by molar-refractivity contribution is 6.30. The number of hydrogen-bond acceptors (Lipinski definition) is 2. The molecule has 4 rings (SSSR count). The van der Waals surface area contributed by atoms with E-state index in [1.165, 1.54) is 0 Å². The minimum absolute atomic E-state index is 0.733. The quantitative estimate of drug-likeness (QED) is 0.491. The van der Waals surface area contributed by atoms with Crippen molar-refractivity contribution in [3.05, 3.63) is 71.8 Å². The highest BCUT2D eigenvalue weighted by Gasteiger charge is 2.06. The Labute approximate surface area is 126 Å². The molecule has 0 fully saturated rings. The standard InChI is InChI=1S/C18H12ClNO/c19-12-5-7-13(8-6-12)20-14-9-10-18-16(11-14)15-3-1-2-4-17(15)21-18/h1-11,20H. The van der Waals surface area contributed by atoms with Crippen LogP contribution in [0.4, 0.5) is 11.4 Å². The van der Waals surface area contributed by atoms with Crippen LogP contribution in [0.3, 0.4) is 0 Å². The molecule has 0 saturated carbocycles. The van der Waals surface area contributed by atoms with Crippen molar-refractivity contribution in [2.45, 2.75) is 0 Å². The molecule has 0 atom stereocenters. The Kier molecular flexibility index (Phi) is 2.83. The van der Waals surface area contributed by atoms with E-state index in [0.717, 1.165) is 38.3 Å². The molecule has 1 heterocycles. The number of halogens is 1. The van der Waals surface area contributed by atoms with Gasteiger partial charge in [-0.15, -0.1) is 0 Å². The lowest BCUT2D eigenvalue weighted by molar-refractivity contribution is 0.669. The van der Waals surface area contributed by atoms with Crippen LogP contribution < -0.4 is 5.32 Å². The molecule has 21 heavy (non-hydrogen) atoms. The van der Waals surface area contributed by atoms with Crippen LogP contribution in [0.15, 0.2) is 71.1 Å². The molecule has 1 aromatic heterocycles. The monoisotopic (exact) mass is 293 g/mol. The Hall–Kier alpha value is -2.45. The van der Waals surface area contributed by atoms with Crippen LogP contribution in [0.2, 0.25) is 5.02 Å². The predicted octanol–water partition coefficient (Wildman–Crippen LogP) is 5.98. The van der Waals surface area contributed by atoms with Crippen molar-refractivity contribution in [1.29, 1.82) is 0 Å². The molecule has 0 radical (unpaired) electrons. The van der Waals surface area contributed by atoms with E-state index in [1.54, 1.807) is 0 Å². The minimum atomic E-state index is 0.733. The zero-order valence-corrected chi connectivity index (χ0v) is 11.9. The first-order valence-electron chi connectivity index (χ1n) is 6.73. The topological polar surface area (TPSA) is 25.2 Å². The summed E-state index contributed by atoms with van der Waals surface area (Å²) in [5, 5.41) is 6.36. The first-order chi connectivity index (χ1) is 10.3. The molecule has 1 N–H and O–H groups in total. The van der Waals surface area contributed by atoms with Crippen molar-refractivity contribution >= 4 is 44.9 Å². The van der Waals surface area contributed by atoms with Gasteiger partial charge in [0.1, 0.15) is 11.2 Å². The van der Waals surface area contributed by atoms with E-state index in [2.05, 4.69) is 17.4 Å². The lowest BCUT2D eigenvalue weighted by atomic mass is 10.1. The van der Waals surface area contributed by atoms with Crippen LogP contribution in [0, 0.1) is 0 Å². The highest BCUT2D eigenvalue weighted by atomic mass is 35.5. The fourth-order valence-electron chi connectivity index (χ4n) is 2.50. The van der Waals surface area contributed by atoms with Gasteiger partial charge < -0.3 is 9.73 Å². The van der Waals surface area contributed by atoms with E-state index in [1.807, 2.05) is 54.6 Å². The number of anilines is 2. The van der Waals surface area contributed by atoms with E-state index in [0.29, 0.717) is 0 Å². The Morgan fingerprint density at radius 3 is 2.29 bits per heavy atom. The molecule has 0 spiro atoms. The van der Waals surface area contributed by atoms with Crippen molar-refractivity contribution in [3.63, 3.8) is 0 Å². The van der Waals surface area contributed by atoms with Gasteiger partial charge in [-0.05, 0) is 48.5 Å². The Bertz CT molecular complexity index is 925. The van der Waals surface area contributed by atoms with Gasteiger partial charge in [0.15, 0.2) is 0 Å². The lowest BCUT2D eigenvalue weighted by Crippen LogP contribution is -1.89. The summed E-state index contributed by atoms with van der Waals surface area (Å²) in [6.45, 7) is 0. The summed E-state index contributed by atoms with van der Waals surface area (Å²) in [7, 11) is 0. The first kappa shape index (κ1) is 12.3. The van der Waals surface area contributed by atoms with Crippen LogP contribution in [0.5, 0.6) is 0 Å². The zero-order valence-electron chi connectivity index (χ0n) is 11.1. The van der Waals surface area contributed by atoms with Crippen molar-refractivity contribution in [2.24, 2.45) is 0 Å². The zero-order chi connectivity index (χ0) is 14.2. The maximum Gasteiger partial charge on any atom is 0.135 e. The number of benzene rings is 3. The third kappa shape index (κ3) is 2.24. The molecule has 3 heteroatoms. The molecule has 4 aromatic rings. The molecular weight excluding hydrogens is 282 g/mol. The van der Waals surface area contributed by atoms with Crippen molar-refractivity contribution < 1.29 is 4.42 Å². The largest absolute Gasteiger partial charge is 0.456 e. The second-order valence-electron chi connectivity index (χ2n) is 4.94. The van der Waals surface area contributed by atoms with Crippen LogP contribution in [-0.2, 0) is 0 Å². The summed E-state index contributed by atoms with van der Waals surface area (Å²) in [4.78, 5) is 0. The van der Waals surface area contributed by atoms with Gasteiger partial charge in [-0.25, -0.2) is 0 Å². The molecule has 0 unspecified atom stereocenters. The number of nitrogens with one attached hydrogen (secondary N) is 1. The van der Waals surface area contributed by atoms with E-state index in [-0.39, 0.29) is 0 Å². The molecule has 0 aliphatic rings. The van der Waals surface area contributed by atoms with E-state index >= 15 is 0 Å². The summed E-state index contributed by atoms with van der Waals surface area (Å²) < 4.78 is 5.83. The molecule has 0 amide bonds. The summed E-state index contributed by atoms with van der Waals surface area (Å²) in [6.07, 6.45) is 0. The van der Waals surface area contributed by atoms with Gasteiger partial charge in [0, 0.05) is 27.2 Å². The van der Waals surface area contributed by atoms with Gasteiger partial charge in [-0.3, -0.25) is 0 Å². The third-order valence-corrected chi connectivity index (χ3v) is 3.76. The van der Waals surface area contributed by atoms with Crippen molar-refractivity contribution in [1.82, 2.24) is 0 Å². The number of fused-ring (bicyclic) bond motifs is 3. The molecular formula is C18H12ClNO. The van der Waals surface area contributed by atoms with Gasteiger partial charge >= 0.3 is 0 Å².